The molecule has 2 fully saturated rings. The Morgan fingerprint density at radius 2 is 1.21 bits per heavy atom. The second kappa shape index (κ2) is 15.0. The number of nitrogen functional groups attached to an aromatic ring is 2. The van der Waals surface area contributed by atoms with E-state index in [0.717, 1.165) is 0 Å². The molecule has 4 aromatic heterocycles. The second-order valence-corrected chi connectivity index (χ2v) is 19.8. The molecule has 12 atom stereocenters. The summed E-state index contributed by atoms with van der Waals surface area (Å²) in [5, 5.41) is 42.4. The van der Waals surface area contributed by atoms with E-state index in [2.05, 4.69) is 48.8 Å². The lowest BCUT2D eigenvalue weighted by Crippen LogP contribution is -2.33. The predicted octanol–water partition coefficient (Wildman–Crippen LogP) is -1.96. The van der Waals surface area contributed by atoms with E-state index in [1.54, 1.807) is 0 Å². The Hall–Kier alpha value is -2.53. The maximum absolute atomic E-state index is 10.9. The zero-order chi connectivity index (χ0) is 37.7. The maximum Gasteiger partial charge on any atom is 0.335 e. The minimum Gasteiger partial charge on any atom is -0.387 e. The van der Waals surface area contributed by atoms with Crippen LogP contribution in [0.15, 0.2) is 25.3 Å². The second-order valence-electron chi connectivity index (χ2n) is 11.7. The molecule has 4 aromatic rings. The van der Waals surface area contributed by atoms with Gasteiger partial charge in [0.15, 0.2) is 35.4 Å². The van der Waals surface area contributed by atoms with Crippen LogP contribution in [0.4, 0.5) is 11.6 Å². The summed E-state index contributed by atoms with van der Waals surface area (Å²) in [4.78, 5) is 66.8. The van der Waals surface area contributed by atoms with Crippen LogP contribution < -0.4 is 11.5 Å². The molecule has 0 aromatic carbocycles. The molecule has 6 heterocycles. The van der Waals surface area contributed by atoms with Gasteiger partial charge in [-0.3, -0.25) is 17.8 Å². The topological polar surface area (TPSA) is 356 Å². The fourth-order valence-corrected chi connectivity index (χ4v) is 13.5. The molecular weight excluding hydrogens is 776 g/mol. The van der Waals surface area contributed by atoms with Crippen LogP contribution in [0.1, 0.15) is 12.5 Å². The maximum atomic E-state index is 10.9. The molecule has 6 rings (SSSR count). The molecule has 24 nitrogen and oxygen atoms in total. The molecule has 0 bridgehead atoms. The Bertz CT molecular complexity index is 2070. The van der Waals surface area contributed by atoms with Crippen molar-refractivity contribution in [2.75, 3.05) is 30.6 Å². The van der Waals surface area contributed by atoms with Crippen LogP contribution in [-0.2, 0) is 27.1 Å². The summed E-state index contributed by atoms with van der Waals surface area (Å²) in [6.07, 6.45) is 4.62. The van der Waals surface area contributed by atoms with Gasteiger partial charge in [-0.15, -0.1) is 0 Å². The average molecular weight is 813 g/mol. The van der Waals surface area contributed by atoms with Crippen molar-refractivity contribution in [2.24, 2.45) is 0 Å². The van der Waals surface area contributed by atoms with Crippen LogP contribution in [0.5, 0.6) is 0 Å². The Balaban J connectivity index is 0.989. The number of nitrogens with zero attached hydrogens (tertiary/aromatic N) is 8. The Morgan fingerprint density at radius 3 is 1.71 bits per heavy atom. The van der Waals surface area contributed by atoms with Gasteiger partial charge in [-0.1, -0.05) is 12.6 Å². The van der Waals surface area contributed by atoms with Crippen molar-refractivity contribution in [2.45, 2.75) is 49.1 Å². The number of aliphatic hydroxyl groups excluding tert-OH is 4. The fourth-order valence-electron chi connectivity index (χ4n) is 5.44. The monoisotopic (exact) mass is 812 g/mol. The third-order valence-electron chi connectivity index (χ3n) is 7.73. The smallest absolute Gasteiger partial charge is 0.335 e. The molecule has 0 aliphatic carbocycles. The largest absolute Gasteiger partial charge is 0.387 e. The molecular formula is C24H36N10O14P4. The first-order chi connectivity index (χ1) is 24.4. The van der Waals surface area contributed by atoms with E-state index in [-0.39, 0.29) is 34.0 Å². The molecule has 12 N–H and O–H groups in total. The van der Waals surface area contributed by atoms with Crippen molar-refractivity contribution in [3.63, 3.8) is 0 Å². The number of hydrogen-bond acceptors (Lipinski definition) is 22. The molecule has 28 heteroatoms. The molecule has 0 saturated carbocycles. The number of anilines is 2. The first-order valence-corrected chi connectivity index (χ1v) is 21.7. The minimum absolute atomic E-state index is 0.0895. The number of nitrogens with two attached hydrogens (primary N) is 2. The SMILES string of the molecule is C=P(O)(CP(=C)(O)OP(=C)(O)OC[C@H]1O[C@@H](n2cnc3c(N)ncnc32)[C@@H](O)C1O)OP(O)OC[C@H]1O[C@@H](n2cnc3c(N)ncnc32)C(O)C1O. The summed E-state index contributed by atoms with van der Waals surface area (Å²) < 4.78 is 35.1. The lowest BCUT2D eigenvalue weighted by molar-refractivity contribution is -0.0485. The number of aliphatic hydroxyl groups is 4. The average Bonchev–Trinajstić information content (AvgIpc) is 3.80. The third-order valence-corrected chi connectivity index (χ3v) is 16.2. The van der Waals surface area contributed by atoms with Gasteiger partial charge in [-0.2, -0.15) is 0 Å². The molecule has 2 aliphatic rings. The highest BCUT2D eigenvalue weighted by Crippen LogP contribution is 2.68. The lowest BCUT2D eigenvalue weighted by atomic mass is 10.1. The molecule has 286 valence electrons. The van der Waals surface area contributed by atoms with E-state index in [0.29, 0.717) is 0 Å². The van der Waals surface area contributed by atoms with Crippen molar-refractivity contribution in [3.05, 3.63) is 25.3 Å². The van der Waals surface area contributed by atoms with Gasteiger partial charge in [0.2, 0.25) is 0 Å². The molecule has 0 radical (unpaired) electrons. The van der Waals surface area contributed by atoms with Crippen LogP contribution in [0.2, 0.25) is 0 Å². The van der Waals surface area contributed by atoms with Crippen LogP contribution in [0.3, 0.4) is 0 Å². The normalized spacial score (nSPS) is 30.7. The van der Waals surface area contributed by atoms with Crippen LogP contribution in [-0.4, -0.2) is 154 Å². The zero-order valence-electron chi connectivity index (χ0n) is 26.7. The lowest BCUT2D eigenvalue weighted by Gasteiger charge is -2.30. The van der Waals surface area contributed by atoms with E-state index in [1.165, 1.54) is 34.4 Å². The van der Waals surface area contributed by atoms with E-state index in [1.807, 2.05) is 0 Å². The highest BCUT2D eigenvalue weighted by Gasteiger charge is 2.46. The highest BCUT2D eigenvalue weighted by molar-refractivity contribution is 7.85. The summed E-state index contributed by atoms with van der Waals surface area (Å²) in [5.74, 6) is -0.614. The molecule has 0 amide bonds. The van der Waals surface area contributed by atoms with Crippen LogP contribution >= 0.6 is 30.8 Å². The van der Waals surface area contributed by atoms with Gasteiger partial charge in [0.1, 0.15) is 75.0 Å². The number of hydrogen-bond donors (Lipinski definition) is 10. The molecule has 7 unspecified atom stereocenters. The summed E-state index contributed by atoms with van der Waals surface area (Å²) in [6.45, 7) is -1.10. The first kappa shape index (κ1) is 39.2. The van der Waals surface area contributed by atoms with Crippen molar-refractivity contribution in [1.29, 1.82) is 0 Å². The van der Waals surface area contributed by atoms with E-state index >= 15 is 0 Å². The number of aromatic nitrogens is 8. The fraction of sp³-hybridized carbons (Fsp3) is 0.458. The summed E-state index contributed by atoms with van der Waals surface area (Å²) in [6, 6.07) is 0. The highest BCUT2D eigenvalue weighted by atomic mass is 31.3. The zero-order valence-corrected chi connectivity index (χ0v) is 30.3. The van der Waals surface area contributed by atoms with Crippen LogP contribution in [0.25, 0.3) is 22.3 Å². The van der Waals surface area contributed by atoms with Gasteiger partial charge in [-0.25, -0.2) is 29.9 Å². The predicted molar refractivity (Wildman–Crippen MR) is 188 cm³/mol. The van der Waals surface area contributed by atoms with Gasteiger partial charge < -0.3 is 70.0 Å². The van der Waals surface area contributed by atoms with Gasteiger partial charge in [0.25, 0.3) is 7.57 Å². The van der Waals surface area contributed by atoms with Gasteiger partial charge in [0.05, 0.1) is 31.8 Å². The Kier molecular flexibility index (Phi) is 11.3. The van der Waals surface area contributed by atoms with Crippen molar-refractivity contribution in [3.8, 4) is 0 Å². The van der Waals surface area contributed by atoms with Crippen LogP contribution in [0, 0.1) is 0 Å². The Labute approximate surface area is 294 Å². The number of rotatable bonds is 14. The van der Waals surface area contributed by atoms with Gasteiger partial charge >= 0.3 is 8.60 Å². The quantitative estimate of drug-likeness (QED) is 0.0618. The minimum atomic E-state index is -4.19. The molecule has 0 spiro atoms. The van der Waals surface area contributed by atoms with E-state index < -0.39 is 99.0 Å². The van der Waals surface area contributed by atoms with E-state index in [4.69, 9.17) is 38.6 Å². The summed E-state index contributed by atoms with van der Waals surface area (Å²) >= 11 is 0. The Morgan fingerprint density at radius 1 is 0.731 bits per heavy atom. The molecule has 52 heavy (non-hydrogen) atoms. The number of ether oxygens (including phenoxy) is 2. The third kappa shape index (κ3) is 8.25. The molecule has 2 saturated heterocycles. The van der Waals surface area contributed by atoms with Crippen molar-refractivity contribution < 1.29 is 67.1 Å². The summed E-state index contributed by atoms with van der Waals surface area (Å²) in [7, 11) is -15.1. The summed E-state index contributed by atoms with van der Waals surface area (Å²) in [5.41, 5.74) is 12.6. The van der Waals surface area contributed by atoms with Gasteiger partial charge in [-0.05, 0) is 6.30 Å². The van der Waals surface area contributed by atoms with Gasteiger partial charge in [0, 0.05) is 0 Å². The van der Waals surface area contributed by atoms with E-state index in [9.17, 15) is 40.0 Å². The number of imidazole rings is 2. The van der Waals surface area contributed by atoms with Crippen molar-refractivity contribution >= 4 is 83.7 Å². The van der Waals surface area contributed by atoms with Crippen molar-refractivity contribution in [1.82, 2.24) is 39.0 Å². The standard InChI is InChI=1S/C24H36N10O14P4/c1-50(40,47-49(39)43-4-11-15(35)17(37)23(45-11)33-8-31-13-19(25)27-6-29-21(13)33)10-51(2,41)48-52(3,42)44-5-12-16(36)18(38)24(46-12)34-9-32-14-20(26)28-7-30-22(14)34/h6-9,11-12,15-18,23-24,35-42H,1-5,10H2,(H2,25,27,29)(H2,26,28,30)/t11-,12-,15?,16?,17?,18+,23-,24-,49?,50?,51?,52?/m1/s1. The molecule has 2 aliphatic heterocycles. The first-order valence-electron chi connectivity index (χ1n) is 14.8. The number of fused-ring (bicyclic) bond motifs is 2.